The fourth-order valence-corrected chi connectivity index (χ4v) is 2.87. The van der Waals surface area contributed by atoms with Crippen LogP contribution in [0.1, 0.15) is 19.8 Å². The molecule has 1 atom stereocenters. The summed E-state index contributed by atoms with van der Waals surface area (Å²) in [6.07, 6.45) is 6.22. The number of hydrogen-bond donors (Lipinski definition) is 1. The van der Waals surface area contributed by atoms with Crippen LogP contribution in [-0.4, -0.2) is 64.9 Å². The third-order valence-electron chi connectivity index (χ3n) is 4.10. The lowest BCUT2D eigenvalue weighted by molar-refractivity contribution is 0.0884. The monoisotopic (exact) mass is 265 g/mol. The molecule has 1 unspecified atom stereocenters. The Kier molecular flexibility index (Phi) is 5.82. The van der Waals surface area contributed by atoms with Crippen molar-refractivity contribution in [3.63, 3.8) is 0 Å². The molecule has 0 bridgehead atoms. The number of hydrogen-bond acceptors (Lipinski definition) is 4. The fraction of sp³-hybridized carbons (Fsp3) is 0.786. The first-order chi connectivity index (χ1) is 9.33. The van der Waals surface area contributed by atoms with Crippen LogP contribution in [0.5, 0.6) is 0 Å². The molecule has 1 aliphatic rings. The second-order valence-electron chi connectivity index (χ2n) is 5.29. The van der Waals surface area contributed by atoms with Crippen molar-refractivity contribution in [3.05, 3.63) is 18.5 Å². The molecule has 0 saturated carbocycles. The van der Waals surface area contributed by atoms with E-state index < -0.39 is 0 Å². The van der Waals surface area contributed by atoms with Gasteiger partial charge in [-0.1, -0.05) is 6.92 Å². The first-order valence-electron chi connectivity index (χ1n) is 7.47. The summed E-state index contributed by atoms with van der Waals surface area (Å²) in [7, 11) is 0. The Balaban J connectivity index is 1.69. The van der Waals surface area contributed by atoms with Crippen molar-refractivity contribution in [1.82, 2.24) is 19.6 Å². The van der Waals surface area contributed by atoms with Crippen LogP contribution >= 0.6 is 0 Å². The SMILES string of the molecule is CCC(CCN)N1CCN(CCn2cccn2)CC1. The Bertz CT molecular complexity index is 330. The van der Waals surface area contributed by atoms with Gasteiger partial charge in [-0.3, -0.25) is 14.5 Å². The van der Waals surface area contributed by atoms with E-state index in [1.165, 1.54) is 32.6 Å². The summed E-state index contributed by atoms with van der Waals surface area (Å²) in [4.78, 5) is 5.14. The van der Waals surface area contributed by atoms with Gasteiger partial charge in [0.1, 0.15) is 0 Å². The first kappa shape index (κ1) is 14.5. The first-order valence-corrected chi connectivity index (χ1v) is 7.47. The minimum atomic E-state index is 0.679. The van der Waals surface area contributed by atoms with Gasteiger partial charge in [0.15, 0.2) is 0 Å². The van der Waals surface area contributed by atoms with Crippen LogP contribution in [0.25, 0.3) is 0 Å². The zero-order chi connectivity index (χ0) is 13.5. The third kappa shape index (κ3) is 4.30. The summed E-state index contributed by atoms with van der Waals surface area (Å²) in [6, 6.07) is 2.66. The molecule has 0 aliphatic carbocycles. The highest BCUT2D eigenvalue weighted by molar-refractivity contribution is 4.80. The van der Waals surface area contributed by atoms with Gasteiger partial charge in [-0.2, -0.15) is 5.10 Å². The Hall–Kier alpha value is -0.910. The normalized spacial score (nSPS) is 19.7. The summed E-state index contributed by atoms with van der Waals surface area (Å²) in [5.41, 5.74) is 5.69. The van der Waals surface area contributed by atoms with Gasteiger partial charge in [0.05, 0.1) is 6.54 Å². The van der Waals surface area contributed by atoms with E-state index in [9.17, 15) is 0 Å². The van der Waals surface area contributed by atoms with E-state index in [-0.39, 0.29) is 0 Å². The van der Waals surface area contributed by atoms with Crippen LogP contribution in [0.2, 0.25) is 0 Å². The average Bonchev–Trinajstić information content (AvgIpc) is 2.96. The van der Waals surface area contributed by atoms with Gasteiger partial charge in [0.2, 0.25) is 0 Å². The molecule has 5 heteroatoms. The van der Waals surface area contributed by atoms with E-state index in [4.69, 9.17) is 5.73 Å². The van der Waals surface area contributed by atoms with Crippen molar-refractivity contribution in [2.75, 3.05) is 39.3 Å². The highest BCUT2D eigenvalue weighted by Crippen LogP contribution is 2.11. The van der Waals surface area contributed by atoms with Gasteiger partial charge in [-0.05, 0) is 25.5 Å². The molecule has 0 radical (unpaired) electrons. The maximum absolute atomic E-state index is 5.69. The molecule has 0 amide bonds. The largest absolute Gasteiger partial charge is 0.330 e. The van der Waals surface area contributed by atoms with Crippen LogP contribution < -0.4 is 5.73 Å². The molecule has 19 heavy (non-hydrogen) atoms. The molecular weight excluding hydrogens is 238 g/mol. The molecule has 108 valence electrons. The Labute approximate surface area is 116 Å². The second kappa shape index (κ2) is 7.62. The predicted octanol–water partition coefficient (Wildman–Crippen LogP) is 0.628. The van der Waals surface area contributed by atoms with Crippen molar-refractivity contribution < 1.29 is 0 Å². The van der Waals surface area contributed by atoms with Crippen molar-refractivity contribution in [2.24, 2.45) is 5.73 Å². The summed E-state index contributed by atoms with van der Waals surface area (Å²) in [5.74, 6) is 0. The third-order valence-corrected chi connectivity index (χ3v) is 4.10. The van der Waals surface area contributed by atoms with E-state index in [2.05, 4.69) is 21.8 Å². The van der Waals surface area contributed by atoms with Crippen LogP contribution in [0, 0.1) is 0 Å². The van der Waals surface area contributed by atoms with Gasteiger partial charge in [-0.15, -0.1) is 0 Å². The zero-order valence-electron chi connectivity index (χ0n) is 12.0. The summed E-state index contributed by atoms with van der Waals surface area (Å²) in [5, 5.41) is 4.25. The highest BCUT2D eigenvalue weighted by Gasteiger charge is 2.21. The lowest BCUT2D eigenvalue weighted by Gasteiger charge is -2.39. The molecular formula is C14H27N5. The van der Waals surface area contributed by atoms with Gasteiger partial charge < -0.3 is 5.73 Å². The number of rotatable bonds is 7. The van der Waals surface area contributed by atoms with Crippen molar-refractivity contribution in [3.8, 4) is 0 Å². The van der Waals surface area contributed by atoms with Crippen LogP contribution in [-0.2, 0) is 6.54 Å². The van der Waals surface area contributed by atoms with E-state index in [1.807, 2.05) is 23.1 Å². The zero-order valence-corrected chi connectivity index (χ0v) is 12.0. The van der Waals surface area contributed by atoms with E-state index in [0.29, 0.717) is 6.04 Å². The summed E-state index contributed by atoms with van der Waals surface area (Å²) >= 11 is 0. The van der Waals surface area contributed by atoms with Crippen LogP contribution in [0.3, 0.4) is 0 Å². The molecule has 1 aromatic heterocycles. The molecule has 2 N–H and O–H groups in total. The molecule has 1 saturated heterocycles. The molecule has 5 nitrogen and oxygen atoms in total. The Morgan fingerprint density at radius 2 is 2.00 bits per heavy atom. The lowest BCUT2D eigenvalue weighted by atomic mass is 10.1. The van der Waals surface area contributed by atoms with Gasteiger partial charge in [-0.25, -0.2) is 0 Å². The lowest BCUT2D eigenvalue weighted by Crippen LogP contribution is -2.51. The van der Waals surface area contributed by atoms with E-state index in [0.717, 1.165) is 26.1 Å². The van der Waals surface area contributed by atoms with Crippen LogP contribution in [0.15, 0.2) is 18.5 Å². The minimum absolute atomic E-state index is 0.679. The predicted molar refractivity (Wildman–Crippen MR) is 78.0 cm³/mol. The van der Waals surface area contributed by atoms with Gasteiger partial charge in [0.25, 0.3) is 0 Å². The maximum Gasteiger partial charge on any atom is 0.0536 e. The maximum atomic E-state index is 5.69. The molecule has 1 fully saturated rings. The van der Waals surface area contributed by atoms with E-state index >= 15 is 0 Å². The molecule has 1 aromatic rings. The minimum Gasteiger partial charge on any atom is -0.330 e. The highest BCUT2D eigenvalue weighted by atomic mass is 15.3. The number of nitrogens with two attached hydrogens (primary N) is 1. The van der Waals surface area contributed by atoms with Crippen molar-refractivity contribution >= 4 is 0 Å². The van der Waals surface area contributed by atoms with Crippen LogP contribution in [0.4, 0.5) is 0 Å². The number of nitrogens with zero attached hydrogens (tertiary/aromatic N) is 4. The van der Waals surface area contributed by atoms with Crippen molar-refractivity contribution in [2.45, 2.75) is 32.4 Å². The van der Waals surface area contributed by atoms with E-state index in [1.54, 1.807) is 0 Å². The molecule has 2 heterocycles. The summed E-state index contributed by atoms with van der Waals surface area (Å²) < 4.78 is 2.01. The van der Waals surface area contributed by atoms with Gasteiger partial charge >= 0.3 is 0 Å². The molecule has 1 aliphatic heterocycles. The molecule has 0 spiro atoms. The van der Waals surface area contributed by atoms with Crippen molar-refractivity contribution in [1.29, 1.82) is 0 Å². The topological polar surface area (TPSA) is 50.3 Å². The molecule has 2 rings (SSSR count). The number of piperazine rings is 1. The smallest absolute Gasteiger partial charge is 0.0536 e. The average molecular weight is 265 g/mol. The number of aromatic nitrogens is 2. The van der Waals surface area contributed by atoms with Gasteiger partial charge in [0, 0.05) is 51.2 Å². The second-order valence-corrected chi connectivity index (χ2v) is 5.29. The Morgan fingerprint density at radius 1 is 1.21 bits per heavy atom. The standard InChI is InChI=1S/C14H27N5/c1-2-14(4-5-15)18-11-8-17(9-12-18)10-13-19-7-3-6-16-19/h3,6-7,14H,2,4-5,8-13,15H2,1H3. The Morgan fingerprint density at radius 3 is 2.58 bits per heavy atom. The molecule has 0 aromatic carbocycles. The fourth-order valence-electron chi connectivity index (χ4n) is 2.87. The summed E-state index contributed by atoms with van der Waals surface area (Å²) in [6.45, 7) is 9.86. The quantitative estimate of drug-likeness (QED) is 0.785.